The predicted molar refractivity (Wildman–Crippen MR) is 83.2 cm³/mol. The van der Waals surface area contributed by atoms with Crippen molar-refractivity contribution in [1.29, 1.82) is 0 Å². The van der Waals surface area contributed by atoms with Gasteiger partial charge in [0.15, 0.2) is 0 Å². The lowest BCUT2D eigenvalue weighted by Crippen LogP contribution is -2.23. The van der Waals surface area contributed by atoms with Gasteiger partial charge in [0.2, 0.25) is 0 Å². The van der Waals surface area contributed by atoms with Crippen molar-refractivity contribution in [2.75, 3.05) is 0 Å². The van der Waals surface area contributed by atoms with Gasteiger partial charge in [-0.1, -0.05) is 40.2 Å². The summed E-state index contributed by atoms with van der Waals surface area (Å²) in [5.41, 5.74) is 3.25. The third-order valence-corrected chi connectivity index (χ3v) is 4.56. The molecule has 20 heavy (non-hydrogen) atoms. The van der Waals surface area contributed by atoms with Crippen molar-refractivity contribution in [3.8, 4) is 0 Å². The molecular formula is C17H17BrFN. The van der Waals surface area contributed by atoms with Crippen LogP contribution in [0.3, 0.4) is 0 Å². The van der Waals surface area contributed by atoms with Crippen LogP contribution < -0.4 is 5.32 Å². The first-order valence-electron chi connectivity index (χ1n) is 6.94. The van der Waals surface area contributed by atoms with E-state index in [9.17, 15) is 4.39 Å². The molecule has 1 nitrogen and oxygen atoms in total. The zero-order chi connectivity index (χ0) is 14.1. The fraction of sp³-hybridized carbons (Fsp3) is 0.294. The lowest BCUT2D eigenvalue weighted by Gasteiger charge is -2.21. The summed E-state index contributed by atoms with van der Waals surface area (Å²) in [6.07, 6.45) is 1.80. The van der Waals surface area contributed by atoms with E-state index in [0.29, 0.717) is 0 Å². The first-order valence-corrected chi connectivity index (χ1v) is 7.73. The fourth-order valence-corrected chi connectivity index (χ4v) is 3.20. The molecule has 0 saturated carbocycles. The van der Waals surface area contributed by atoms with Crippen LogP contribution in [0.15, 0.2) is 46.9 Å². The maximum atomic E-state index is 13.7. The highest BCUT2D eigenvalue weighted by atomic mass is 79.9. The second kappa shape index (κ2) is 5.66. The Hall–Kier alpha value is -1.19. The number of rotatable bonds is 3. The average molecular weight is 334 g/mol. The predicted octanol–water partition coefficient (Wildman–Crippen LogP) is 4.93. The Kier molecular flexibility index (Phi) is 3.90. The summed E-state index contributed by atoms with van der Waals surface area (Å²) in [6, 6.07) is 14.2. The molecule has 2 unspecified atom stereocenters. The lowest BCUT2D eigenvalue weighted by atomic mass is 10.0. The topological polar surface area (TPSA) is 12.0 Å². The molecule has 0 spiro atoms. The van der Waals surface area contributed by atoms with Crippen LogP contribution in [0.25, 0.3) is 0 Å². The van der Waals surface area contributed by atoms with Gasteiger partial charge in [0.1, 0.15) is 5.82 Å². The molecule has 0 aromatic heterocycles. The largest absolute Gasteiger partial charge is 0.303 e. The van der Waals surface area contributed by atoms with Gasteiger partial charge < -0.3 is 5.32 Å². The van der Waals surface area contributed by atoms with Crippen LogP contribution in [0, 0.1) is 5.82 Å². The van der Waals surface area contributed by atoms with Crippen LogP contribution in [-0.4, -0.2) is 0 Å². The number of hydrogen-bond acceptors (Lipinski definition) is 1. The molecule has 0 heterocycles. The van der Waals surface area contributed by atoms with Crippen LogP contribution in [-0.2, 0) is 6.42 Å². The number of benzene rings is 2. The third kappa shape index (κ3) is 2.65. The van der Waals surface area contributed by atoms with Crippen molar-refractivity contribution < 1.29 is 4.39 Å². The number of hydrogen-bond donors (Lipinski definition) is 1. The smallest absolute Gasteiger partial charge is 0.126 e. The van der Waals surface area contributed by atoms with Crippen LogP contribution in [0.2, 0.25) is 0 Å². The quantitative estimate of drug-likeness (QED) is 0.839. The van der Waals surface area contributed by atoms with E-state index < -0.39 is 0 Å². The molecule has 3 heteroatoms. The zero-order valence-corrected chi connectivity index (χ0v) is 13.0. The Morgan fingerprint density at radius 3 is 2.70 bits per heavy atom. The highest BCUT2D eigenvalue weighted by Crippen LogP contribution is 2.34. The van der Waals surface area contributed by atoms with Gasteiger partial charge in [-0.2, -0.15) is 0 Å². The molecule has 0 radical (unpaired) electrons. The molecule has 0 aliphatic heterocycles. The number of halogens is 2. The van der Waals surface area contributed by atoms with Gasteiger partial charge in [-0.25, -0.2) is 4.39 Å². The van der Waals surface area contributed by atoms with Crippen molar-refractivity contribution in [1.82, 2.24) is 5.32 Å². The summed E-state index contributed by atoms with van der Waals surface area (Å²) in [5, 5.41) is 3.62. The maximum absolute atomic E-state index is 13.7. The van der Waals surface area contributed by atoms with Crippen molar-refractivity contribution in [2.24, 2.45) is 0 Å². The van der Waals surface area contributed by atoms with E-state index in [4.69, 9.17) is 0 Å². The second-order valence-corrected chi connectivity index (χ2v) is 6.25. The second-order valence-electron chi connectivity index (χ2n) is 5.34. The van der Waals surface area contributed by atoms with Crippen LogP contribution >= 0.6 is 15.9 Å². The minimum absolute atomic E-state index is 0.0666. The summed E-state index contributed by atoms with van der Waals surface area (Å²) >= 11 is 3.45. The van der Waals surface area contributed by atoms with Crippen LogP contribution in [0.1, 0.15) is 42.1 Å². The molecule has 2 atom stereocenters. The Morgan fingerprint density at radius 2 is 1.95 bits per heavy atom. The molecule has 0 amide bonds. The molecule has 1 aliphatic carbocycles. The van der Waals surface area contributed by atoms with Gasteiger partial charge in [-0.3, -0.25) is 0 Å². The summed E-state index contributed by atoms with van der Waals surface area (Å²) in [4.78, 5) is 0. The summed E-state index contributed by atoms with van der Waals surface area (Å²) in [7, 11) is 0. The van der Waals surface area contributed by atoms with E-state index in [1.165, 1.54) is 5.56 Å². The van der Waals surface area contributed by atoms with E-state index in [-0.39, 0.29) is 17.9 Å². The van der Waals surface area contributed by atoms with Crippen molar-refractivity contribution in [2.45, 2.75) is 31.8 Å². The molecule has 104 valence electrons. The molecule has 2 aromatic rings. The number of fused-ring (bicyclic) bond motifs is 1. The van der Waals surface area contributed by atoms with Gasteiger partial charge in [-0.05, 0) is 54.7 Å². The molecule has 2 aromatic carbocycles. The lowest BCUT2D eigenvalue weighted by molar-refractivity contribution is 0.465. The minimum atomic E-state index is -0.0666. The highest BCUT2D eigenvalue weighted by molar-refractivity contribution is 9.10. The summed E-state index contributed by atoms with van der Waals surface area (Å²) in [5.74, 6) is -0.0666. The van der Waals surface area contributed by atoms with Crippen molar-refractivity contribution in [3.05, 3.63) is 69.4 Å². The van der Waals surface area contributed by atoms with E-state index in [1.54, 1.807) is 12.1 Å². The normalized spacial score (nSPS) is 18.9. The standard InChI is InChI=1S/C17H17BrFN/c1-11(12-5-7-13(18)8-6-12)20-17-10-9-14-15(17)3-2-4-16(14)19/h2-8,11,17,20H,9-10H2,1H3. The fourth-order valence-electron chi connectivity index (χ4n) is 2.93. The third-order valence-electron chi connectivity index (χ3n) is 4.03. The Bertz CT molecular complexity index is 609. The Balaban J connectivity index is 1.77. The zero-order valence-electron chi connectivity index (χ0n) is 11.4. The van der Waals surface area contributed by atoms with E-state index >= 15 is 0 Å². The van der Waals surface area contributed by atoms with Gasteiger partial charge in [0.25, 0.3) is 0 Å². The van der Waals surface area contributed by atoms with Gasteiger partial charge in [0.05, 0.1) is 0 Å². The van der Waals surface area contributed by atoms with E-state index in [2.05, 4.69) is 52.4 Å². The first-order chi connectivity index (χ1) is 9.65. The highest BCUT2D eigenvalue weighted by Gasteiger charge is 2.25. The minimum Gasteiger partial charge on any atom is -0.303 e. The van der Waals surface area contributed by atoms with Crippen molar-refractivity contribution in [3.63, 3.8) is 0 Å². The molecule has 0 fully saturated rings. The summed E-state index contributed by atoms with van der Waals surface area (Å²) < 4.78 is 14.8. The molecular weight excluding hydrogens is 317 g/mol. The Labute approximate surface area is 127 Å². The van der Waals surface area contributed by atoms with Crippen LogP contribution in [0.5, 0.6) is 0 Å². The SMILES string of the molecule is CC(NC1CCc2c(F)cccc21)c1ccc(Br)cc1. The Morgan fingerprint density at radius 1 is 1.20 bits per heavy atom. The molecule has 0 saturated heterocycles. The number of nitrogens with one attached hydrogen (secondary N) is 1. The van der Waals surface area contributed by atoms with E-state index in [0.717, 1.165) is 28.4 Å². The van der Waals surface area contributed by atoms with Gasteiger partial charge >= 0.3 is 0 Å². The van der Waals surface area contributed by atoms with Gasteiger partial charge in [0, 0.05) is 16.6 Å². The van der Waals surface area contributed by atoms with Crippen molar-refractivity contribution >= 4 is 15.9 Å². The molecule has 3 rings (SSSR count). The first kappa shape index (κ1) is 13.8. The average Bonchev–Trinajstić information content (AvgIpc) is 2.84. The molecule has 1 aliphatic rings. The maximum Gasteiger partial charge on any atom is 0.126 e. The molecule has 0 bridgehead atoms. The molecule has 1 N–H and O–H groups in total. The van der Waals surface area contributed by atoms with Crippen LogP contribution in [0.4, 0.5) is 4.39 Å². The van der Waals surface area contributed by atoms with Gasteiger partial charge in [-0.15, -0.1) is 0 Å². The summed E-state index contributed by atoms with van der Waals surface area (Å²) in [6.45, 7) is 2.15. The van der Waals surface area contributed by atoms with E-state index in [1.807, 2.05) is 6.07 Å². The monoisotopic (exact) mass is 333 g/mol.